The molecule has 294 valence electrons. The Hall–Kier alpha value is -4.51. The van der Waals surface area contributed by atoms with Crippen LogP contribution in [-0.2, 0) is 80.9 Å². The first kappa shape index (κ1) is 41.2. The summed E-state index contributed by atoms with van der Waals surface area (Å²) < 4.78 is 56.9. The number of ether oxygens (including phenoxy) is 10. The molecule has 0 spiro atoms. The minimum absolute atomic E-state index is 0.00269. The summed E-state index contributed by atoms with van der Waals surface area (Å²) in [5.74, 6) is -6.55. The van der Waals surface area contributed by atoms with Crippen LogP contribution in [0.25, 0.3) is 0 Å². The third kappa shape index (κ3) is 10.3. The van der Waals surface area contributed by atoms with Crippen molar-refractivity contribution in [3.63, 3.8) is 0 Å². The molecule has 17 heteroatoms. The highest BCUT2D eigenvalue weighted by atomic mass is 16.8. The fraction of sp³-hybridized carbons (Fsp3) is 0.694. The predicted octanol–water partition coefficient (Wildman–Crippen LogP) is 2.22. The van der Waals surface area contributed by atoms with Gasteiger partial charge in [0.15, 0.2) is 18.3 Å². The van der Waals surface area contributed by atoms with E-state index < -0.39 is 97.4 Å². The maximum atomic E-state index is 13.6. The summed E-state index contributed by atoms with van der Waals surface area (Å²) in [5, 5.41) is 0. The number of esters is 7. The Kier molecular flexibility index (Phi) is 14.0. The van der Waals surface area contributed by atoms with E-state index in [-0.39, 0.29) is 54.5 Å². The molecular weight excluding hydrogens is 704 g/mol. The molecule has 3 heterocycles. The highest BCUT2D eigenvalue weighted by Gasteiger charge is 2.54. The van der Waals surface area contributed by atoms with Gasteiger partial charge in [0.05, 0.1) is 31.5 Å². The van der Waals surface area contributed by atoms with E-state index in [1.165, 1.54) is 6.92 Å². The Bertz CT molecular complexity index is 1480. The van der Waals surface area contributed by atoms with Crippen LogP contribution in [0.15, 0.2) is 23.5 Å². The van der Waals surface area contributed by atoms with Crippen LogP contribution in [0, 0.1) is 29.6 Å². The zero-order valence-corrected chi connectivity index (χ0v) is 31.1. The fourth-order valence-electron chi connectivity index (χ4n) is 7.50. The lowest BCUT2D eigenvalue weighted by molar-refractivity contribution is -0.331. The average molecular weight is 753 g/mol. The summed E-state index contributed by atoms with van der Waals surface area (Å²) in [6.07, 6.45) is -6.27. The van der Waals surface area contributed by atoms with Crippen molar-refractivity contribution in [1.82, 2.24) is 0 Å². The number of hydrogen-bond acceptors (Lipinski definition) is 17. The van der Waals surface area contributed by atoms with Crippen LogP contribution in [-0.4, -0.2) is 105 Å². The van der Waals surface area contributed by atoms with Crippen molar-refractivity contribution in [2.45, 2.75) is 111 Å². The number of carbonyl (C=O) groups excluding carboxylic acids is 7. The lowest BCUT2D eigenvalue weighted by atomic mass is 9.81. The lowest BCUT2D eigenvalue weighted by Crippen LogP contribution is -2.63. The highest BCUT2D eigenvalue weighted by Crippen LogP contribution is 2.44. The summed E-state index contributed by atoms with van der Waals surface area (Å²) in [6, 6.07) is 0. The van der Waals surface area contributed by atoms with Gasteiger partial charge in [-0.3, -0.25) is 28.8 Å². The minimum atomic E-state index is -1.61. The third-order valence-electron chi connectivity index (χ3n) is 9.66. The Morgan fingerprint density at radius 2 is 1.42 bits per heavy atom. The Labute approximate surface area is 306 Å². The normalized spacial score (nSPS) is 35.2. The van der Waals surface area contributed by atoms with Gasteiger partial charge < -0.3 is 47.4 Å². The van der Waals surface area contributed by atoms with Crippen LogP contribution in [0.1, 0.15) is 68.2 Å². The molecule has 4 rings (SSSR count). The zero-order valence-electron chi connectivity index (χ0n) is 31.1. The molecule has 12 atom stereocenters. The molecule has 4 aliphatic rings. The standard InChI is InChI=1S/C36H48O17/c1-9-23-24-11-29(42)45-13-25-16(2)10-27(48-19(5)38)30(25)17(3)12-46-34(43)26(24)14-47-35(23)53-36-33(51-22(8)41)32(50-21(7)40)31(49-20(6)39)28(52-36)15-44-18(4)37/h9,14,16-17,24-25,27-28,30-33,35-36H,10-13,15H2,1-8H3/b23-9+/t16-,17-,24-,25+,27-,28+,30+,31+,32-,33+,35-,36-/m0/s1. The van der Waals surface area contributed by atoms with Gasteiger partial charge in [-0.2, -0.15) is 0 Å². The van der Waals surface area contributed by atoms with Gasteiger partial charge in [0.2, 0.25) is 12.6 Å². The molecule has 0 unspecified atom stereocenters. The first-order valence-electron chi connectivity index (χ1n) is 17.5. The molecule has 2 saturated heterocycles. The maximum absolute atomic E-state index is 13.6. The predicted molar refractivity (Wildman–Crippen MR) is 175 cm³/mol. The molecule has 53 heavy (non-hydrogen) atoms. The molecule has 0 radical (unpaired) electrons. The van der Waals surface area contributed by atoms with Crippen molar-refractivity contribution in [1.29, 1.82) is 0 Å². The molecule has 0 aromatic rings. The average Bonchev–Trinajstić information content (AvgIpc) is 3.36. The van der Waals surface area contributed by atoms with Crippen LogP contribution in [0.3, 0.4) is 0 Å². The van der Waals surface area contributed by atoms with Crippen LogP contribution < -0.4 is 0 Å². The van der Waals surface area contributed by atoms with E-state index in [2.05, 4.69) is 0 Å². The van der Waals surface area contributed by atoms with Gasteiger partial charge in [0.1, 0.15) is 18.8 Å². The number of fused-ring (bicyclic) bond motifs is 2. The highest BCUT2D eigenvalue weighted by molar-refractivity contribution is 5.91. The SMILES string of the molecule is C/C=C1/[C@H](O[C@@H]2O[C@H](COC(C)=O)[C@@H](OC(C)=O)[C@H](OC(C)=O)[C@H]2OC(C)=O)OC=C2C(=O)OC[C@H](C)[C@@H]3[C@H](COC(=O)C[C@H]21)[C@@H](C)C[C@@H]3OC(C)=O. The molecule has 0 amide bonds. The van der Waals surface area contributed by atoms with Crippen molar-refractivity contribution in [2.24, 2.45) is 29.6 Å². The lowest BCUT2D eigenvalue weighted by Gasteiger charge is -2.45. The van der Waals surface area contributed by atoms with Gasteiger partial charge in [-0.25, -0.2) is 4.79 Å². The van der Waals surface area contributed by atoms with Gasteiger partial charge in [0, 0.05) is 57.9 Å². The maximum Gasteiger partial charge on any atom is 0.337 e. The summed E-state index contributed by atoms with van der Waals surface area (Å²) in [4.78, 5) is 87.4. The van der Waals surface area contributed by atoms with E-state index >= 15 is 0 Å². The third-order valence-corrected chi connectivity index (χ3v) is 9.66. The fourth-order valence-corrected chi connectivity index (χ4v) is 7.50. The molecule has 0 aromatic heterocycles. The number of rotatable bonds is 8. The van der Waals surface area contributed by atoms with E-state index in [0.717, 1.165) is 34.0 Å². The van der Waals surface area contributed by atoms with Crippen molar-refractivity contribution in [2.75, 3.05) is 19.8 Å². The molecule has 3 aliphatic heterocycles. The van der Waals surface area contributed by atoms with Crippen LogP contribution in [0.4, 0.5) is 0 Å². The summed E-state index contributed by atoms with van der Waals surface area (Å²) in [7, 11) is 0. The molecule has 17 nitrogen and oxygen atoms in total. The second-order valence-electron chi connectivity index (χ2n) is 13.7. The van der Waals surface area contributed by atoms with Crippen LogP contribution in [0.2, 0.25) is 0 Å². The monoisotopic (exact) mass is 752 g/mol. The molecule has 1 saturated carbocycles. The zero-order chi connectivity index (χ0) is 39.1. The topological polar surface area (TPSA) is 212 Å². The molecular formula is C36H48O17. The van der Waals surface area contributed by atoms with E-state index in [0.29, 0.717) is 6.42 Å². The van der Waals surface area contributed by atoms with Gasteiger partial charge in [-0.15, -0.1) is 0 Å². The minimum Gasteiger partial charge on any atom is -0.468 e. The largest absolute Gasteiger partial charge is 0.468 e. The molecule has 1 aliphatic carbocycles. The molecule has 0 aromatic carbocycles. The first-order chi connectivity index (χ1) is 25.0. The smallest absolute Gasteiger partial charge is 0.337 e. The number of cyclic esters (lactones) is 2. The van der Waals surface area contributed by atoms with Gasteiger partial charge in [-0.05, 0) is 25.2 Å². The molecule has 0 N–H and O–H groups in total. The van der Waals surface area contributed by atoms with Gasteiger partial charge in [-0.1, -0.05) is 19.9 Å². The first-order valence-corrected chi connectivity index (χ1v) is 17.5. The van der Waals surface area contributed by atoms with E-state index in [1.54, 1.807) is 13.0 Å². The number of carbonyl (C=O) groups is 7. The summed E-state index contributed by atoms with van der Waals surface area (Å²) >= 11 is 0. The Balaban J connectivity index is 1.66. The van der Waals surface area contributed by atoms with Gasteiger partial charge >= 0.3 is 41.8 Å². The van der Waals surface area contributed by atoms with Crippen LogP contribution >= 0.6 is 0 Å². The summed E-state index contributed by atoms with van der Waals surface area (Å²) in [6.45, 7) is 10.8. The number of hydrogen-bond donors (Lipinski definition) is 0. The quantitative estimate of drug-likeness (QED) is 0.198. The van der Waals surface area contributed by atoms with Crippen molar-refractivity contribution < 1.29 is 80.9 Å². The molecule has 0 bridgehead atoms. The van der Waals surface area contributed by atoms with Crippen molar-refractivity contribution in [3.8, 4) is 0 Å². The van der Waals surface area contributed by atoms with Gasteiger partial charge in [0.25, 0.3) is 0 Å². The van der Waals surface area contributed by atoms with Crippen molar-refractivity contribution >= 4 is 41.8 Å². The Morgan fingerprint density at radius 1 is 0.792 bits per heavy atom. The number of allylic oxidation sites excluding steroid dienone is 1. The summed E-state index contributed by atoms with van der Waals surface area (Å²) in [5.41, 5.74) is 0.272. The van der Waals surface area contributed by atoms with E-state index in [4.69, 9.17) is 47.4 Å². The second kappa shape index (κ2) is 18.0. The second-order valence-corrected chi connectivity index (χ2v) is 13.7. The van der Waals surface area contributed by atoms with E-state index in [9.17, 15) is 33.6 Å². The molecule has 3 fully saturated rings. The Morgan fingerprint density at radius 3 is 2.02 bits per heavy atom. The van der Waals surface area contributed by atoms with Crippen molar-refractivity contribution in [3.05, 3.63) is 23.5 Å². The van der Waals surface area contributed by atoms with E-state index in [1.807, 2.05) is 13.8 Å². The van der Waals surface area contributed by atoms with Crippen LogP contribution in [0.5, 0.6) is 0 Å².